The van der Waals surface area contributed by atoms with Crippen LogP contribution in [0.4, 0.5) is 13.2 Å². The van der Waals surface area contributed by atoms with E-state index in [1.165, 1.54) is 11.1 Å². The lowest BCUT2D eigenvalue weighted by Crippen LogP contribution is -2.35. The van der Waals surface area contributed by atoms with E-state index in [0.29, 0.717) is 17.9 Å². The standard InChI is InChI=1S/C26H32BrF3N2O2/c1-15-8-17(10-19(9-15)26(28,29)30)24(33)16(2)31-13-18-12-25(3,4)7-6-20(18)21-11-23(27)32-14-22(21)34-5/h8-11,14,16,24,31,33H,6-7,12-13H2,1-5H3/t16-,24-/m0/s1. The number of nitrogens with zero attached hydrogens (tertiary/aromatic N) is 1. The van der Waals surface area contributed by atoms with Gasteiger partial charge in [0.2, 0.25) is 0 Å². The normalized spacial score (nSPS) is 18.1. The number of aromatic nitrogens is 1. The van der Waals surface area contributed by atoms with Crippen molar-refractivity contribution in [2.45, 2.75) is 65.3 Å². The number of methoxy groups -OCH3 is 1. The molecule has 2 N–H and O–H groups in total. The first-order chi connectivity index (χ1) is 15.8. The fourth-order valence-corrected chi connectivity index (χ4v) is 4.89. The molecular formula is C26H32BrF3N2O2. The molecule has 2 atom stereocenters. The minimum Gasteiger partial charge on any atom is -0.495 e. The molecule has 0 saturated carbocycles. The van der Waals surface area contributed by atoms with Crippen molar-refractivity contribution >= 4 is 21.5 Å². The number of aliphatic hydroxyl groups excluding tert-OH is 1. The number of allylic oxidation sites excluding steroid dienone is 1. The summed E-state index contributed by atoms with van der Waals surface area (Å²) in [5.41, 5.74) is 3.46. The van der Waals surface area contributed by atoms with E-state index in [4.69, 9.17) is 4.74 Å². The van der Waals surface area contributed by atoms with Crippen LogP contribution in [0.25, 0.3) is 5.57 Å². The number of alkyl halides is 3. The van der Waals surface area contributed by atoms with Crippen LogP contribution >= 0.6 is 15.9 Å². The molecule has 0 radical (unpaired) electrons. The van der Waals surface area contributed by atoms with Crippen LogP contribution in [0.15, 0.2) is 40.6 Å². The lowest BCUT2D eigenvalue weighted by molar-refractivity contribution is -0.137. The quantitative estimate of drug-likeness (QED) is 0.377. The van der Waals surface area contributed by atoms with Crippen LogP contribution in [0.2, 0.25) is 0 Å². The molecule has 186 valence electrons. The number of aliphatic hydroxyl groups is 1. The Kier molecular flexibility index (Phi) is 8.15. The molecule has 0 bridgehead atoms. The van der Waals surface area contributed by atoms with Gasteiger partial charge in [-0.05, 0) is 83.8 Å². The Morgan fingerprint density at radius 1 is 1.24 bits per heavy atom. The van der Waals surface area contributed by atoms with Crippen LogP contribution in [0.5, 0.6) is 5.75 Å². The minimum absolute atomic E-state index is 0.123. The topological polar surface area (TPSA) is 54.4 Å². The van der Waals surface area contributed by atoms with Gasteiger partial charge in [-0.3, -0.25) is 0 Å². The van der Waals surface area contributed by atoms with Crippen LogP contribution in [0, 0.1) is 12.3 Å². The monoisotopic (exact) mass is 540 g/mol. The third-order valence-corrected chi connectivity index (χ3v) is 6.86. The first-order valence-electron chi connectivity index (χ1n) is 11.3. The van der Waals surface area contributed by atoms with E-state index < -0.39 is 23.9 Å². The molecule has 3 rings (SSSR count). The molecule has 0 unspecified atom stereocenters. The highest BCUT2D eigenvalue weighted by molar-refractivity contribution is 9.10. The molecule has 0 fully saturated rings. The van der Waals surface area contributed by atoms with Gasteiger partial charge in [-0.2, -0.15) is 13.2 Å². The summed E-state index contributed by atoms with van der Waals surface area (Å²) in [5.74, 6) is 0.697. The number of benzene rings is 1. The molecule has 8 heteroatoms. The molecule has 34 heavy (non-hydrogen) atoms. The highest BCUT2D eigenvalue weighted by atomic mass is 79.9. The van der Waals surface area contributed by atoms with Gasteiger partial charge in [-0.1, -0.05) is 31.1 Å². The van der Waals surface area contributed by atoms with Gasteiger partial charge in [0.15, 0.2) is 0 Å². The van der Waals surface area contributed by atoms with Crippen molar-refractivity contribution in [3.63, 3.8) is 0 Å². The molecule has 1 aliphatic rings. The number of pyridine rings is 1. The van der Waals surface area contributed by atoms with E-state index in [1.54, 1.807) is 33.2 Å². The summed E-state index contributed by atoms with van der Waals surface area (Å²) in [7, 11) is 1.62. The first-order valence-corrected chi connectivity index (χ1v) is 12.1. The summed E-state index contributed by atoms with van der Waals surface area (Å²) in [4.78, 5) is 4.26. The van der Waals surface area contributed by atoms with Gasteiger partial charge in [0.05, 0.1) is 25.0 Å². The summed E-state index contributed by atoms with van der Waals surface area (Å²) in [5, 5.41) is 14.2. The number of halogens is 4. The zero-order valence-electron chi connectivity index (χ0n) is 20.2. The van der Waals surface area contributed by atoms with Gasteiger partial charge >= 0.3 is 6.18 Å². The lowest BCUT2D eigenvalue weighted by atomic mass is 9.73. The second-order valence-electron chi connectivity index (χ2n) is 9.87. The third kappa shape index (κ3) is 6.40. The van der Waals surface area contributed by atoms with Crippen molar-refractivity contribution in [3.05, 3.63) is 62.9 Å². The van der Waals surface area contributed by atoms with Gasteiger partial charge < -0.3 is 15.2 Å². The van der Waals surface area contributed by atoms with E-state index in [2.05, 4.69) is 40.1 Å². The zero-order chi connectivity index (χ0) is 25.3. The van der Waals surface area contributed by atoms with Crippen LogP contribution in [-0.2, 0) is 6.18 Å². The zero-order valence-corrected chi connectivity index (χ0v) is 21.8. The largest absolute Gasteiger partial charge is 0.495 e. The van der Waals surface area contributed by atoms with Crippen molar-refractivity contribution in [1.29, 1.82) is 0 Å². The number of aryl methyl sites for hydroxylation is 1. The van der Waals surface area contributed by atoms with Crippen molar-refractivity contribution in [1.82, 2.24) is 10.3 Å². The summed E-state index contributed by atoms with van der Waals surface area (Å²) in [6.07, 6.45) is -1.07. The number of nitrogens with one attached hydrogen (secondary N) is 1. The van der Waals surface area contributed by atoms with Crippen molar-refractivity contribution in [2.75, 3.05) is 13.7 Å². The fourth-order valence-electron chi connectivity index (χ4n) is 4.55. The van der Waals surface area contributed by atoms with Gasteiger partial charge in [-0.25, -0.2) is 4.98 Å². The fraction of sp³-hybridized carbons (Fsp3) is 0.500. The van der Waals surface area contributed by atoms with Crippen LogP contribution in [0.1, 0.15) is 68.4 Å². The predicted molar refractivity (Wildman–Crippen MR) is 132 cm³/mol. The molecule has 0 saturated heterocycles. The molecule has 1 aliphatic carbocycles. The smallest absolute Gasteiger partial charge is 0.416 e. The van der Waals surface area contributed by atoms with Crippen molar-refractivity contribution in [3.8, 4) is 5.75 Å². The Bertz CT molecular complexity index is 1070. The maximum absolute atomic E-state index is 13.2. The number of ether oxygens (including phenoxy) is 1. The summed E-state index contributed by atoms with van der Waals surface area (Å²) in [6, 6.07) is 5.23. The van der Waals surface area contributed by atoms with Crippen LogP contribution in [-0.4, -0.2) is 29.8 Å². The molecule has 2 aromatic rings. The van der Waals surface area contributed by atoms with Crippen molar-refractivity contribution < 1.29 is 23.0 Å². The molecule has 0 spiro atoms. The molecule has 1 heterocycles. The SMILES string of the molecule is COc1cnc(Br)cc1C1=C(CN[C@@H](C)[C@H](O)c2cc(C)cc(C(F)(F)F)c2)CC(C)(C)CC1. The minimum atomic E-state index is -4.46. The Morgan fingerprint density at radius 3 is 2.59 bits per heavy atom. The van der Waals surface area contributed by atoms with E-state index >= 15 is 0 Å². The first kappa shape index (κ1) is 26.7. The number of rotatable bonds is 7. The Balaban J connectivity index is 1.86. The summed E-state index contributed by atoms with van der Waals surface area (Å²) < 4.78 is 46.0. The van der Waals surface area contributed by atoms with E-state index in [1.807, 2.05) is 6.07 Å². The van der Waals surface area contributed by atoms with Gasteiger partial charge in [0.1, 0.15) is 10.4 Å². The van der Waals surface area contributed by atoms with Gasteiger partial charge in [0.25, 0.3) is 0 Å². The van der Waals surface area contributed by atoms with Gasteiger partial charge in [-0.15, -0.1) is 0 Å². The maximum atomic E-state index is 13.2. The highest BCUT2D eigenvalue weighted by Gasteiger charge is 2.32. The molecular weight excluding hydrogens is 509 g/mol. The van der Waals surface area contributed by atoms with E-state index in [9.17, 15) is 18.3 Å². The molecule has 4 nitrogen and oxygen atoms in total. The number of hydrogen-bond acceptors (Lipinski definition) is 4. The molecule has 1 aromatic heterocycles. The Hall–Kier alpha value is -1.90. The van der Waals surface area contributed by atoms with Gasteiger partial charge in [0, 0.05) is 18.2 Å². The average Bonchev–Trinajstić information content (AvgIpc) is 2.75. The lowest BCUT2D eigenvalue weighted by Gasteiger charge is -2.35. The maximum Gasteiger partial charge on any atom is 0.416 e. The summed E-state index contributed by atoms with van der Waals surface area (Å²) in [6.45, 7) is 8.36. The average molecular weight is 541 g/mol. The second-order valence-corrected chi connectivity index (χ2v) is 10.7. The third-order valence-electron chi connectivity index (χ3n) is 6.43. The van der Waals surface area contributed by atoms with Crippen molar-refractivity contribution in [2.24, 2.45) is 5.41 Å². The van der Waals surface area contributed by atoms with Crippen LogP contribution < -0.4 is 10.1 Å². The number of hydrogen-bond donors (Lipinski definition) is 2. The summed E-state index contributed by atoms with van der Waals surface area (Å²) >= 11 is 3.45. The molecule has 0 aliphatic heterocycles. The highest BCUT2D eigenvalue weighted by Crippen LogP contribution is 2.44. The molecule has 0 amide bonds. The second kappa shape index (κ2) is 10.4. The van der Waals surface area contributed by atoms with Crippen LogP contribution in [0.3, 0.4) is 0 Å². The molecule has 1 aromatic carbocycles. The Morgan fingerprint density at radius 2 is 1.94 bits per heavy atom. The predicted octanol–water partition coefficient (Wildman–Crippen LogP) is 6.86. The van der Waals surface area contributed by atoms with E-state index in [-0.39, 0.29) is 11.0 Å². The Labute approximate surface area is 207 Å². The van der Waals surface area contributed by atoms with E-state index in [0.717, 1.165) is 41.6 Å².